The van der Waals surface area contributed by atoms with Gasteiger partial charge in [0.1, 0.15) is 5.60 Å². The van der Waals surface area contributed by atoms with Crippen LogP contribution >= 0.6 is 11.8 Å². The summed E-state index contributed by atoms with van der Waals surface area (Å²) >= 11 is 1.59. The quantitative estimate of drug-likeness (QED) is 0.498. The molecule has 4 heteroatoms. The summed E-state index contributed by atoms with van der Waals surface area (Å²) in [7, 11) is 0. The molecule has 3 nitrogen and oxygen atoms in total. The maximum absolute atomic E-state index is 10.9. The fourth-order valence-electron chi connectivity index (χ4n) is 1.28. The molecule has 0 spiro atoms. The standard InChI is InChI=1S/C12H17NO2S/c1-9(14)15-12(2,3)8-16-11-7-5-4-6-10(11)13/h4-7H,8,13H2,1-3H3. The van der Waals surface area contributed by atoms with E-state index in [0.717, 1.165) is 10.6 Å². The molecule has 0 saturated heterocycles. The molecule has 0 aromatic heterocycles. The van der Waals surface area contributed by atoms with Crippen LogP contribution < -0.4 is 5.73 Å². The van der Waals surface area contributed by atoms with E-state index in [-0.39, 0.29) is 5.97 Å². The van der Waals surface area contributed by atoms with Crippen LogP contribution in [0.5, 0.6) is 0 Å². The lowest BCUT2D eigenvalue weighted by atomic mass is 10.2. The Morgan fingerprint density at radius 1 is 1.44 bits per heavy atom. The van der Waals surface area contributed by atoms with Crippen molar-refractivity contribution in [1.82, 2.24) is 0 Å². The van der Waals surface area contributed by atoms with Gasteiger partial charge in [0.05, 0.1) is 0 Å². The summed E-state index contributed by atoms with van der Waals surface area (Å²) in [6.07, 6.45) is 0. The molecule has 0 fully saturated rings. The Morgan fingerprint density at radius 2 is 2.06 bits per heavy atom. The lowest BCUT2D eigenvalue weighted by molar-refractivity contribution is -0.151. The predicted molar refractivity (Wildman–Crippen MR) is 67.4 cm³/mol. The zero-order chi connectivity index (χ0) is 12.2. The van der Waals surface area contributed by atoms with Crippen LogP contribution in [0.15, 0.2) is 29.2 Å². The lowest BCUT2D eigenvalue weighted by Crippen LogP contribution is -2.29. The lowest BCUT2D eigenvalue weighted by Gasteiger charge is -2.24. The molecular weight excluding hydrogens is 222 g/mol. The van der Waals surface area contributed by atoms with Crippen molar-refractivity contribution < 1.29 is 9.53 Å². The molecule has 0 atom stereocenters. The number of carbonyl (C=O) groups excluding carboxylic acids is 1. The number of rotatable bonds is 4. The Balaban J connectivity index is 2.57. The summed E-state index contributed by atoms with van der Waals surface area (Å²) in [5, 5.41) is 0. The maximum Gasteiger partial charge on any atom is 0.303 e. The van der Waals surface area contributed by atoms with Crippen molar-refractivity contribution in [2.45, 2.75) is 31.3 Å². The number of hydrogen-bond acceptors (Lipinski definition) is 4. The zero-order valence-electron chi connectivity index (χ0n) is 9.82. The summed E-state index contributed by atoms with van der Waals surface area (Å²) in [6.45, 7) is 5.20. The van der Waals surface area contributed by atoms with Gasteiger partial charge in [-0.05, 0) is 26.0 Å². The molecule has 88 valence electrons. The summed E-state index contributed by atoms with van der Waals surface area (Å²) < 4.78 is 5.20. The number of nitrogen functional groups attached to an aromatic ring is 1. The first-order valence-corrected chi connectivity index (χ1v) is 6.06. The van der Waals surface area contributed by atoms with Gasteiger partial charge in [-0.2, -0.15) is 0 Å². The Morgan fingerprint density at radius 3 is 2.62 bits per heavy atom. The van der Waals surface area contributed by atoms with Gasteiger partial charge in [0.15, 0.2) is 0 Å². The van der Waals surface area contributed by atoms with Crippen LogP contribution in [0.4, 0.5) is 5.69 Å². The minimum atomic E-state index is -0.473. The SMILES string of the molecule is CC(=O)OC(C)(C)CSc1ccccc1N. The highest BCUT2D eigenvalue weighted by molar-refractivity contribution is 7.99. The first-order valence-electron chi connectivity index (χ1n) is 5.07. The number of benzene rings is 1. The molecule has 0 amide bonds. The van der Waals surface area contributed by atoms with Gasteiger partial charge in [0.2, 0.25) is 0 Å². The average Bonchev–Trinajstić information content (AvgIpc) is 2.14. The largest absolute Gasteiger partial charge is 0.459 e. The van der Waals surface area contributed by atoms with Gasteiger partial charge in [-0.25, -0.2) is 0 Å². The molecule has 16 heavy (non-hydrogen) atoms. The van der Waals surface area contributed by atoms with Crippen molar-refractivity contribution in [3.05, 3.63) is 24.3 Å². The van der Waals surface area contributed by atoms with Crippen molar-refractivity contribution in [3.8, 4) is 0 Å². The van der Waals surface area contributed by atoms with Crippen LogP contribution in [0.1, 0.15) is 20.8 Å². The number of ether oxygens (including phenoxy) is 1. The second kappa shape index (κ2) is 5.25. The smallest absolute Gasteiger partial charge is 0.303 e. The van der Waals surface area contributed by atoms with Gasteiger partial charge in [-0.15, -0.1) is 11.8 Å². The van der Waals surface area contributed by atoms with Crippen LogP contribution in [0.3, 0.4) is 0 Å². The molecule has 0 unspecified atom stereocenters. The van der Waals surface area contributed by atoms with Crippen LogP contribution in [0, 0.1) is 0 Å². The van der Waals surface area contributed by atoms with Gasteiger partial charge >= 0.3 is 5.97 Å². The third kappa shape index (κ3) is 4.14. The van der Waals surface area contributed by atoms with Crippen molar-refractivity contribution in [2.75, 3.05) is 11.5 Å². The van der Waals surface area contributed by atoms with E-state index in [1.807, 2.05) is 38.1 Å². The number of hydrogen-bond donors (Lipinski definition) is 1. The second-order valence-electron chi connectivity index (χ2n) is 4.18. The summed E-state index contributed by atoms with van der Waals surface area (Å²) in [5.74, 6) is 0.424. The molecule has 0 aliphatic rings. The fourth-order valence-corrected chi connectivity index (χ4v) is 2.25. The Hall–Kier alpha value is -1.16. The van der Waals surface area contributed by atoms with Crippen LogP contribution in [0.2, 0.25) is 0 Å². The van der Waals surface area contributed by atoms with Crippen LogP contribution in [0.25, 0.3) is 0 Å². The van der Waals surface area contributed by atoms with Gasteiger partial charge in [0.25, 0.3) is 0 Å². The van der Waals surface area contributed by atoms with Gasteiger partial charge in [0, 0.05) is 23.3 Å². The maximum atomic E-state index is 10.9. The third-order valence-corrected chi connectivity index (χ3v) is 3.44. The average molecular weight is 239 g/mol. The van der Waals surface area contributed by atoms with Crippen molar-refractivity contribution >= 4 is 23.4 Å². The minimum absolute atomic E-state index is 0.258. The minimum Gasteiger partial charge on any atom is -0.459 e. The number of thioether (sulfide) groups is 1. The molecule has 0 saturated carbocycles. The van der Waals surface area contributed by atoms with Crippen molar-refractivity contribution in [1.29, 1.82) is 0 Å². The summed E-state index contributed by atoms with van der Waals surface area (Å²) in [6, 6.07) is 7.67. The molecule has 0 radical (unpaired) electrons. The van der Waals surface area contributed by atoms with E-state index in [1.165, 1.54) is 6.92 Å². The molecule has 2 N–H and O–H groups in total. The number of esters is 1. The summed E-state index contributed by atoms with van der Waals surface area (Å²) in [4.78, 5) is 11.9. The third-order valence-electron chi connectivity index (χ3n) is 1.91. The van der Waals surface area contributed by atoms with Crippen molar-refractivity contribution in [3.63, 3.8) is 0 Å². The van der Waals surface area contributed by atoms with E-state index in [1.54, 1.807) is 11.8 Å². The Kier molecular flexibility index (Phi) is 4.24. The van der Waals surface area contributed by atoms with E-state index in [0.29, 0.717) is 5.75 Å². The van der Waals surface area contributed by atoms with E-state index in [2.05, 4.69) is 0 Å². The highest BCUT2D eigenvalue weighted by Crippen LogP contribution is 2.28. The first-order chi connectivity index (χ1) is 7.41. The number of para-hydroxylation sites is 1. The molecule has 0 aliphatic carbocycles. The summed E-state index contributed by atoms with van der Waals surface area (Å²) in [5.41, 5.74) is 6.10. The van der Waals surface area contributed by atoms with E-state index >= 15 is 0 Å². The first kappa shape index (κ1) is 12.9. The van der Waals surface area contributed by atoms with Gasteiger partial charge in [-0.1, -0.05) is 12.1 Å². The van der Waals surface area contributed by atoms with E-state index in [4.69, 9.17) is 10.5 Å². The molecule has 1 aromatic carbocycles. The van der Waals surface area contributed by atoms with Gasteiger partial charge < -0.3 is 10.5 Å². The zero-order valence-corrected chi connectivity index (χ0v) is 10.6. The van der Waals surface area contributed by atoms with Gasteiger partial charge in [-0.3, -0.25) is 4.79 Å². The predicted octanol–water partition coefficient (Wildman–Crippen LogP) is 2.70. The fraction of sp³-hybridized carbons (Fsp3) is 0.417. The Bertz CT molecular complexity index is 377. The number of nitrogens with two attached hydrogens (primary N) is 1. The monoisotopic (exact) mass is 239 g/mol. The Labute approximate surface area is 100 Å². The van der Waals surface area contributed by atoms with E-state index < -0.39 is 5.60 Å². The molecule has 1 aromatic rings. The van der Waals surface area contributed by atoms with E-state index in [9.17, 15) is 4.79 Å². The molecule has 0 aliphatic heterocycles. The normalized spacial score (nSPS) is 11.2. The molecule has 1 rings (SSSR count). The van der Waals surface area contributed by atoms with Crippen LogP contribution in [-0.2, 0) is 9.53 Å². The van der Waals surface area contributed by atoms with Crippen LogP contribution in [-0.4, -0.2) is 17.3 Å². The highest BCUT2D eigenvalue weighted by atomic mass is 32.2. The highest BCUT2D eigenvalue weighted by Gasteiger charge is 2.21. The molecular formula is C12H17NO2S. The van der Waals surface area contributed by atoms with Crippen molar-refractivity contribution in [2.24, 2.45) is 0 Å². The second-order valence-corrected chi connectivity index (χ2v) is 5.20. The molecule has 0 heterocycles. The number of carbonyl (C=O) groups is 1. The topological polar surface area (TPSA) is 52.3 Å². The number of anilines is 1. The molecule has 0 bridgehead atoms.